The van der Waals surface area contributed by atoms with Gasteiger partial charge >= 0.3 is 12.0 Å². The maximum Gasteiger partial charge on any atom is 0.329 e. The Bertz CT molecular complexity index is 1170. The standard InChI is InChI=1S/C28H29N3O4/c1-20(23-16-10-5-11-17-23)29(2)26(32)24-25(27(33)34)31(19-22-14-8-4-9-15-22)28(35)30(24)18-21-12-6-3-7-13-21/h3-17,20,24-25H,18-19H2,1-2H3,(H,33,34)/t20?,24-,25+/m0/s1. The van der Waals surface area contributed by atoms with Crippen LogP contribution in [-0.4, -0.2) is 56.8 Å². The van der Waals surface area contributed by atoms with Crippen molar-refractivity contribution in [1.29, 1.82) is 0 Å². The van der Waals surface area contributed by atoms with E-state index in [1.807, 2.05) is 97.9 Å². The van der Waals surface area contributed by atoms with Gasteiger partial charge in [-0.25, -0.2) is 9.59 Å². The van der Waals surface area contributed by atoms with Crippen molar-refractivity contribution in [2.24, 2.45) is 0 Å². The van der Waals surface area contributed by atoms with Crippen LogP contribution in [0.5, 0.6) is 0 Å². The highest BCUT2D eigenvalue weighted by Crippen LogP contribution is 2.31. The number of carboxylic acids is 1. The number of carbonyl (C=O) groups is 3. The summed E-state index contributed by atoms with van der Waals surface area (Å²) in [7, 11) is 1.66. The van der Waals surface area contributed by atoms with Crippen molar-refractivity contribution < 1.29 is 19.5 Å². The third kappa shape index (κ3) is 5.04. The van der Waals surface area contributed by atoms with Gasteiger partial charge in [0.05, 0.1) is 6.04 Å². The molecule has 0 spiro atoms. The molecule has 1 N–H and O–H groups in total. The molecule has 3 aromatic carbocycles. The van der Waals surface area contributed by atoms with Crippen molar-refractivity contribution in [2.75, 3.05) is 7.05 Å². The fraction of sp³-hybridized carbons (Fsp3) is 0.250. The Morgan fingerprint density at radius 1 is 0.800 bits per heavy atom. The molecule has 3 amide bonds. The fourth-order valence-corrected chi connectivity index (χ4v) is 4.53. The van der Waals surface area contributed by atoms with E-state index in [2.05, 4.69) is 0 Å². The number of nitrogens with zero attached hydrogens (tertiary/aromatic N) is 3. The van der Waals surface area contributed by atoms with E-state index >= 15 is 0 Å². The van der Waals surface area contributed by atoms with Gasteiger partial charge in [0.1, 0.15) is 6.04 Å². The van der Waals surface area contributed by atoms with E-state index in [1.165, 1.54) is 14.7 Å². The molecule has 180 valence electrons. The first kappa shape index (κ1) is 24.0. The van der Waals surface area contributed by atoms with Crippen LogP contribution in [0.4, 0.5) is 4.79 Å². The predicted octanol–water partition coefficient (Wildman–Crippen LogP) is 4.17. The maximum atomic E-state index is 13.9. The maximum absolute atomic E-state index is 13.9. The third-order valence-electron chi connectivity index (χ3n) is 6.57. The van der Waals surface area contributed by atoms with Crippen LogP contribution in [0.15, 0.2) is 91.0 Å². The van der Waals surface area contributed by atoms with Gasteiger partial charge in [0.25, 0.3) is 0 Å². The lowest BCUT2D eigenvalue weighted by Crippen LogP contribution is -2.52. The lowest BCUT2D eigenvalue weighted by molar-refractivity contribution is -0.148. The summed E-state index contributed by atoms with van der Waals surface area (Å²) in [6.45, 7) is 2.13. The van der Waals surface area contributed by atoms with E-state index in [4.69, 9.17) is 0 Å². The SMILES string of the molecule is CC(c1ccccc1)N(C)C(=O)[C@@H]1[C@H](C(=O)O)N(Cc2ccccc2)C(=O)N1Cc1ccccc1. The molecule has 35 heavy (non-hydrogen) atoms. The summed E-state index contributed by atoms with van der Waals surface area (Å²) < 4.78 is 0. The summed E-state index contributed by atoms with van der Waals surface area (Å²) >= 11 is 0. The number of benzene rings is 3. The monoisotopic (exact) mass is 471 g/mol. The van der Waals surface area contributed by atoms with Gasteiger partial charge in [-0.15, -0.1) is 0 Å². The van der Waals surface area contributed by atoms with Crippen molar-refractivity contribution in [3.63, 3.8) is 0 Å². The second-order valence-electron chi connectivity index (χ2n) is 8.77. The Balaban J connectivity index is 1.71. The van der Waals surface area contributed by atoms with Gasteiger partial charge in [0, 0.05) is 20.1 Å². The molecule has 0 aromatic heterocycles. The topological polar surface area (TPSA) is 81.2 Å². The highest BCUT2D eigenvalue weighted by molar-refractivity contribution is 5.98. The second-order valence-corrected chi connectivity index (χ2v) is 8.77. The summed E-state index contributed by atoms with van der Waals surface area (Å²) in [6.07, 6.45) is 0. The molecule has 1 aliphatic rings. The van der Waals surface area contributed by atoms with E-state index in [9.17, 15) is 19.5 Å². The Labute approximate surface area is 205 Å². The second kappa shape index (κ2) is 10.4. The summed E-state index contributed by atoms with van der Waals surface area (Å²) in [4.78, 5) is 44.2. The number of likely N-dealkylation sites (N-methyl/N-ethyl adjacent to an activating group) is 1. The molecule has 1 heterocycles. The van der Waals surface area contributed by atoms with Gasteiger partial charge < -0.3 is 19.8 Å². The number of hydrogen-bond acceptors (Lipinski definition) is 3. The molecule has 0 aliphatic carbocycles. The molecule has 0 saturated carbocycles. The van der Waals surface area contributed by atoms with Gasteiger partial charge in [-0.05, 0) is 23.6 Å². The van der Waals surface area contributed by atoms with Crippen LogP contribution >= 0.6 is 0 Å². The van der Waals surface area contributed by atoms with Gasteiger partial charge in [0.2, 0.25) is 5.91 Å². The zero-order valence-corrected chi connectivity index (χ0v) is 19.8. The minimum atomic E-state index is -1.32. The Kier molecular flexibility index (Phi) is 7.15. The lowest BCUT2D eigenvalue weighted by Gasteiger charge is -2.32. The smallest absolute Gasteiger partial charge is 0.329 e. The van der Waals surface area contributed by atoms with Crippen LogP contribution in [-0.2, 0) is 22.7 Å². The van der Waals surface area contributed by atoms with Gasteiger partial charge in [-0.3, -0.25) is 4.79 Å². The minimum absolute atomic E-state index is 0.101. The summed E-state index contributed by atoms with van der Waals surface area (Å²) in [5.74, 6) is -1.61. The first-order chi connectivity index (χ1) is 16.9. The molecule has 7 heteroatoms. The molecule has 0 radical (unpaired) electrons. The average molecular weight is 472 g/mol. The van der Waals surface area contributed by atoms with Crippen molar-refractivity contribution in [1.82, 2.24) is 14.7 Å². The predicted molar refractivity (Wildman–Crippen MR) is 132 cm³/mol. The van der Waals surface area contributed by atoms with Crippen molar-refractivity contribution in [3.05, 3.63) is 108 Å². The van der Waals surface area contributed by atoms with Gasteiger partial charge in [-0.1, -0.05) is 91.0 Å². The number of carboxylic acid groups (broad SMARTS) is 1. The number of aliphatic carboxylic acids is 1. The molecule has 1 saturated heterocycles. The number of amides is 3. The molecular weight excluding hydrogens is 442 g/mol. The first-order valence-corrected chi connectivity index (χ1v) is 11.6. The van der Waals surface area contributed by atoms with Gasteiger partial charge in [0.15, 0.2) is 6.04 Å². The largest absolute Gasteiger partial charge is 0.480 e. The molecule has 7 nitrogen and oxygen atoms in total. The highest BCUT2D eigenvalue weighted by atomic mass is 16.4. The quantitative estimate of drug-likeness (QED) is 0.535. The first-order valence-electron chi connectivity index (χ1n) is 11.6. The molecule has 1 fully saturated rings. The van der Waals surface area contributed by atoms with Crippen molar-refractivity contribution in [3.8, 4) is 0 Å². The van der Waals surface area contributed by atoms with Crippen LogP contribution in [0.2, 0.25) is 0 Å². The molecule has 4 rings (SSSR count). The van der Waals surface area contributed by atoms with E-state index in [-0.39, 0.29) is 19.1 Å². The minimum Gasteiger partial charge on any atom is -0.480 e. The molecule has 1 aliphatic heterocycles. The van der Waals surface area contributed by atoms with Crippen LogP contribution in [0.3, 0.4) is 0 Å². The van der Waals surface area contributed by atoms with Crippen LogP contribution in [0, 0.1) is 0 Å². The Morgan fingerprint density at radius 3 is 1.69 bits per heavy atom. The number of carbonyl (C=O) groups excluding carboxylic acids is 2. The average Bonchev–Trinajstić information content (AvgIpc) is 3.15. The molecule has 1 unspecified atom stereocenters. The number of urea groups is 1. The van der Waals surface area contributed by atoms with Crippen molar-refractivity contribution >= 4 is 17.9 Å². The molecule has 0 bridgehead atoms. The van der Waals surface area contributed by atoms with Crippen LogP contribution < -0.4 is 0 Å². The normalized spacial score (nSPS) is 18.4. The summed E-state index contributed by atoms with van der Waals surface area (Å²) in [5, 5.41) is 10.2. The summed E-state index contributed by atoms with van der Waals surface area (Å²) in [5.41, 5.74) is 2.55. The van der Waals surface area contributed by atoms with E-state index < -0.39 is 30.0 Å². The summed E-state index contributed by atoms with van der Waals surface area (Å²) in [6, 6.07) is 24.8. The molecular formula is C28H29N3O4. The van der Waals surface area contributed by atoms with Gasteiger partial charge in [-0.2, -0.15) is 0 Å². The van der Waals surface area contributed by atoms with Crippen molar-refractivity contribution in [2.45, 2.75) is 38.1 Å². The lowest BCUT2D eigenvalue weighted by atomic mass is 10.0. The zero-order chi connectivity index (χ0) is 24.9. The fourth-order valence-electron chi connectivity index (χ4n) is 4.53. The van der Waals surface area contributed by atoms with Crippen LogP contribution in [0.1, 0.15) is 29.7 Å². The zero-order valence-electron chi connectivity index (χ0n) is 19.8. The number of hydrogen-bond donors (Lipinski definition) is 1. The van der Waals surface area contributed by atoms with E-state index in [0.717, 1.165) is 16.7 Å². The number of rotatable bonds is 8. The van der Waals surface area contributed by atoms with E-state index in [1.54, 1.807) is 7.05 Å². The van der Waals surface area contributed by atoms with Crippen LogP contribution in [0.25, 0.3) is 0 Å². The third-order valence-corrected chi connectivity index (χ3v) is 6.57. The Hall–Kier alpha value is -4.13. The molecule has 3 aromatic rings. The Morgan fingerprint density at radius 2 is 1.23 bits per heavy atom. The highest BCUT2D eigenvalue weighted by Gasteiger charge is 2.54. The van der Waals surface area contributed by atoms with E-state index in [0.29, 0.717) is 0 Å². The molecule has 3 atom stereocenters.